The lowest BCUT2D eigenvalue weighted by molar-refractivity contribution is 0.0761. The second-order valence-electron chi connectivity index (χ2n) is 6.74. The quantitative estimate of drug-likeness (QED) is 0.763. The fraction of sp³-hybridized carbons (Fsp3) is 0.350. The number of carbonyl (C=O) groups is 1. The van der Waals surface area contributed by atoms with Crippen LogP contribution in [0.3, 0.4) is 0 Å². The van der Waals surface area contributed by atoms with Gasteiger partial charge in [0.1, 0.15) is 0 Å². The smallest absolute Gasteiger partial charge is 0.337 e. The number of rotatable bonds is 5. The maximum absolute atomic E-state index is 12.6. The van der Waals surface area contributed by atoms with Crippen LogP contribution >= 0.6 is 0 Å². The molecular weight excluding hydrogens is 386 g/mol. The number of nitrogens with zero attached hydrogens (tertiary/aromatic N) is 2. The van der Waals surface area contributed by atoms with E-state index in [1.807, 2.05) is 23.1 Å². The van der Waals surface area contributed by atoms with Gasteiger partial charge in [0.05, 0.1) is 4.90 Å². The molecule has 0 unspecified atom stereocenters. The molecule has 2 aromatic carbocycles. The third-order valence-electron chi connectivity index (χ3n) is 4.79. The van der Waals surface area contributed by atoms with Gasteiger partial charge in [-0.15, -0.1) is 0 Å². The average molecular weight is 408 g/mol. The first-order chi connectivity index (χ1) is 13.4. The molecule has 0 atom stereocenters. The lowest BCUT2D eigenvalue weighted by Gasteiger charge is -2.22. The maximum atomic E-state index is 12.6. The largest absolute Gasteiger partial charge is 0.341 e. The van der Waals surface area contributed by atoms with Crippen LogP contribution < -0.4 is 0 Å². The summed E-state index contributed by atoms with van der Waals surface area (Å²) in [6.07, 6.45) is 0.830. The lowest BCUT2D eigenvalue weighted by atomic mass is 10.2. The van der Waals surface area contributed by atoms with E-state index < -0.39 is 15.6 Å². The molecule has 0 saturated carbocycles. The SMILES string of the molecule is O=C(c1ccccc1)N1CCCN(Cc2ccc(S(=O)(=O)C(F)F)cc2)CC1. The normalized spacial score (nSPS) is 16.2. The van der Waals surface area contributed by atoms with Crippen LogP contribution in [-0.4, -0.2) is 56.1 Å². The summed E-state index contributed by atoms with van der Waals surface area (Å²) in [5, 5.41) is 0. The Hall–Kier alpha value is -2.32. The summed E-state index contributed by atoms with van der Waals surface area (Å²) in [5.41, 5.74) is 1.52. The zero-order valence-electron chi connectivity index (χ0n) is 15.3. The summed E-state index contributed by atoms with van der Waals surface area (Å²) in [4.78, 5) is 16.2. The highest BCUT2D eigenvalue weighted by molar-refractivity contribution is 7.91. The van der Waals surface area contributed by atoms with Crippen molar-refractivity contribution in [2.45, 2.75) is 23.6 Å². The van der Waals surface area contributed by atoms with Gasteiger partial charge < -0.3 is 4.90 Å². The van der Waals surface area contributed by atoms with E-state index in [4.69, 9.17) is 0 Å². The minimum absolute atomic E-state index is 0.0176. The van der Waals surface area contributed by atoms with Crippen LogP contribution in [0.2, 0.25) is 0 Å². The van der Waals surface area contributed by atoms with E-state index in [9.17, 15) is 22.0 Å². The predicted octanol–water partition coefficient (Wildman–Crippen LogP) is 3.03. The molecule has 8 heteroatoms. The molecule has 2 aromatic rings. The van der Waals surface area contributed by atoms with Crippen molar-refractivity contribution < 1.29 is 22.0 Å². The number of hydrogen-bond donors (Lipinski definition) is 0. The minimum Gasteiger partial charge on any atom is -0.337 e. The molecule has 28 heavy (non-hydrogen) atoms. The van der Waals surface area contributed by atoms with Crippen LogP contribution in [0.5, 0.6) is 0 Å². The average Bonchev–Trinajstić information content (AvgIpc) is 2.94. The highest BCUT2D eigenvalue weighted by atomic mass is 32.2. The van der Waals surface area contributed by atoms with Crippen molar-refractivity contribution in [1.82, 2.24) is 9.80 Å². The molecule has 5 nitrogen and oxygen atoms in total. The fourth-order valence-electron chi connectivity index (χ4n) is 3.24. The number of amides is 1. The predicted molar refractivity (Wildman–Crippen MR) is 102 cm³/mol. The Morgan fingerprint density at radius 1 is 0.929 bits per heavy atom. The highest BCUT2D eigenvalue weighted by Crippen LogP contribution is 2.19. The number of carbonyl (C=O) groups excluding carboxylic acids is 1. The molecule has 1 heterocycles. The molecule has 0 N–H and O–H groups in total. The number of alkyl halides is 2. The molecule has 1 amide bonds. The fourth-order valence-corrected chi connectivity index (χ4v) is 3.96. The van der Waals surface area contributed by atoms with E-state index in [1.54, 1.807) is 24.3 Å². The molecular formula is C20H22F2N2O3S. The number of halogens is 2. The third-order valence-corrected chi connectivity index (χ3v) is 6.19. The van der Waals surface area contributed by atoms with Gasteiger partial charge in [-0.05, 0) is 36.2 Å². The molecule has 1 aliphatic heterocycles. The molecule has 1 saturated heterocycles. The third kappa shape index (κ3) is 4.74. The Morgan fingerprint density at radius 2 is 1.61 bits per heavy atom. The van der Waals surface area contributed by atoms with Crippen LogP contribution in [0.25, 0.3) is 0 Å². The summed E-state index contributed by atoms with van der Waals surface area (Å²) in [7, 11) is -4.57. The van der Waals surface area contributed by atoms with Crippen LogP contribution in [0.1, 0.15) is 22.3 Å². The van der Waals surface area contributed by atoms with Gasteiger partial charge in [0, 0.05) is 38.3 Å². The van der Waals surface area contributed by atoms with Crippen molar-refractivity contribution in [2.75, 3.05) is 26.2 Å². The van der Waals surface area contributed by atoms with Gasteiger partial charge in [-0.25, -0.2) is 8.42 Å². The summed E-state index contributed by atoms with van der Waals surface area (Å²) >= 11 is 0. The molecule has 0 spiro atoms. The maximum Gasteiger partial charge on any atom is 0.341 e. The molecule has 3 rings (SSSR count). The molecule has 150 valence electrons. The van der Waals surface area contributed by atoms with E-state index in [0.29, 0.717) is 31.7 Å². The second-order valence-corrected chi connectivity index (χ2v) is 8.66. The molecule has 0 radical (unpaired) electrons. The van der Waals surface area contributed by atoms with Gasteiger partial charge in [-0.2, -0.15) is 8.78 Å². The first-order valence-corrected chi connectivity index (χ1v) is 10.6. The first-order valence-electron chi connectivity index (χ1n) is 9.05. The highest BCUT2D eigenvalue weighted by Gasteiger charge is 2.26. The van der Waals surface area contributed by atoms with E-state index in [1.165, 1.54) is 12.1 Å². The molecule has 1 aliphatic rings. The Bertz CT molecular complexity index is 903. The summed E-state index contributed by atoms with van der Waals surface area (Å²) in [6.45, 7) is 3.34. The van der Waals surface area contributed by atoms with Crippen molar-refractivity contribution in [3.8, 4) is 0 Å². The summed E-state index contributed by atoms with van der Waals surface area (Å²) in [5.74, 6) is -3.40. The first kappa shape index (κ1) is 20.4. The molecule has 0 aromatic heterocycles. The zero-order valence-corrected chi connectivity index (χ0v) is 16.1. The van der Waals surface area contributed by atoms with Crippen LogP contribution in [0.15, 0.2) is 59.5 Å². The Morgan fingerprint density at radius 3 is 2.25 bits per heavy atom. The van der Waals surface area contributed by atoms with Gasteiger partial charge in [0.2, 0.25) is 9.84 Å². The molecule has 0 bridgehead atoms. The van der Waals surface area contributed by atoms with Crippen molar-refractivity contribution in [1.29, 1.82) is 0 Å². The molecule has 1 fully saturated rings. The second kappa shape index (κ2) is 8.79. The van der Waals surface area contributed by atoms with Gasteiger partial charge in [-0.1, -0.05) is 30.3 Å². The summed E-state index contributed by atoms with van der Waals surface area (Å²) in [6, 6.07) is 14.7. The van der Waals surface area contributed by atoms with Crippen molar-refractivity contribution in [2.24, 2.45) is 0 Å². The standard InChI is InChI=1S/C20H22F2N2O3S/c21-20(22)28(26,27)18-9-7-16(8-10-18)15-23-11-4-12-24(14-13-23)19(25)17-5-2-1-3-6-17/h1-3,5-10,20H,4,11-15H2. The van der Waals surface area contributed by atoms with Crippen molar-refractivity contribution >= 4 is 15.7 Å². The van der Waals surface area contributed by atoms with Gasteiger partial charge in [0.25, 0.3) is 5.91 Å². The Balaban J connectivity index is 1.60. The van der Waals surface area contributed by atoms with Crippen LogP contribution in [-0.2, 0) is 16.4 Å². The number of sulfone groups is 1. The number of hydrogen-bond acceptors (Lipinski definition) is 4. The van der Waals surface area contributed by atoms with Crippen molar-refractivity contribution in [3.63, 3.8) is 0 Å². The number of benzene rings is 2. The van der Waals surface area contributed by atoms with E-state index in [0.717, 1.165) is 18.5 Å². The Labute approximate surface area is 163 Å². The van der Waals surface area contributed by atoms with Crippen molar-refractivity contribution in [3.05, 3.63) is 65.7 Å². The van der Waals surface area contributed by atoms with Crippen LogP contribution in [0.4, 0.5) is 8.78 Å². The Kier molecular flexibility index (Phi) is 6.41. The van der Waals surface area contributed by atoms with Crippen LogP contribution in [0, 0.1) is 0 Å². The topological polar surface area (TPSA) is 57.7 Å². The minimum atomic E-state index is -4.57. The van der Waals surface area contributed by atoms with E-state index >= 15 is 0 Å². The monoisotopic (exact) mass is 408 g/mol. The summed E-state index contributed by atoms with van der Waals surface area (Å²) < 4.78 is 48.2. The van der Waals surface area contributed by atoms with Gasteiger partial charge in [0.15, 0.2) is 0 Å². The van der Waals surface area contributed by atoms with Gasteiger partial charge >= 0.3 is 5.76 Å². The van der Waals surface area contributed by atoms with Gasteiger partial charge in [-0.3, -0.25) is 9.69 Å². The van der Waals surface area contributed by atoms with E-state index in [2.05, 4.69) is 4.90 Å². The zero-order chi connectivity index (χ0) is 20.1. The van der Waals surface area contributed by atoms with E-state index in [-0.39, 0.29) is 10.8 Å². The molecule has 0 aliphatic carbocycles. The lowest BCUT2D eigenvalue weighted by Crippen LogP contribution is -2.35.